The standard InChI is InChI=1S/C28H22BrN/c1-3-7-22-18(4-2)12-16-24-26(20-10-14-21(29)15-11-20)25-17-13-19-8-5-6-9-23(19)28(25)30-27(22)24/h3,5-17H,4H2,1-2H3/b7-3-. The molecule has 5 aromatic rings. The smallest absolute Gasteiger partial charge is 0.0794 e. The average molecular weight is 452 g/mol. The first-order chi connectivity index (χ1) is 14.7. The van der Waals surface area contributed by atoms with Crippen LogP contribution in [0.4, 0.5) is 0 Å². The van der Waals surface area contributed by atoms with Gasteiger partial charge in [-0.15, -0.1) is 0 Å². The van der Waals surface area contributed by atoms with Crippen molar-refractivity contribution in [2.45, 2.75) is 20.3 Å². The number of benzene rings is 4. The van der Waals surface area contributed by atoms with Crippen LogP contribution in [-0.4, -0.2) is 4.98 Å². The number of hydrogen-bond acceptors (Lipinski definition) is 1. The lowest BCUT2D eigenvalue weighted by Crippen LogP contribution is -1.96. The van der Waals surface area contributed by atoms with E-state index in [1.165, 1.54) is 43.8 Å². The van der Waals surface area contributed by atoms with Gasteiger partial charge in [-0.3, -0.25) is 0 Å². The zero-order chi connectivity index (χ0) is 20.7. The van der Waals surface area contributed by atoms with Gasteiger partial charge in [0, 0.05) is 31.8 Å². The SMILES string of the molecule is C/C=C\c1c(CC)ccc2c(-c3ccc(Br)cc3)c3ccc4ccccc4c3nc12. The third-order valence-corrected chi connectivity index (χ3v) is 6.35. The van der Waals surface area contributed by atoms with Crippen LogP contribution in [0.15, 0.2) is 83.3 Å². The summed E-state index contributed by atoms with van der Waals surface area (Å²) in [6.07, 6.45) is 5.30. The van der Waals surface area contributed by atoms with Gasteiger partial charge in [0.2, 0.25) is 0 Å². The Bertz CT molecular complexity index is 1430. The number of hydrogen-bond donors (Lipinski definition) is 0. The molecule has 0 saturated heterocycles. The van der Waals surface area contributed by atoms with E-state index in [1.54, 1.807) is 0 Å². The van der Waals surface area contributed by atoms with Gasteiger partial charge in [0.05, 0.1) is 11.0 Å². The van der Waals surface area contributed by atoms with Crippen molar-refractivity contribution in [2.75, 3.05) is 0 Å². The van der Waals surface area contributed by atoms with Crippen molar-refractivity contribution in [3.05, 3.63) is 94.5 Å². The van der Waals surface area contributed by atoms with Crippen molar-refractivity contribution in [1.82, 2.24) is 4.98 Å². The van der Waals surface area contributed by atoms with Crippen LogP contribution in [0, 0.1) is 0 Å². The molecule has 1 aromatic heterocycles. The highest BCUT2D eigenvalue weighted by Crippen LogP contribution is 2.39. The van der Waals surface area contributed by atoms with Crippen molar-refractivity contribution in [1.29, 1.82) is 0 Å². The van der Waals surface area contributed by atoms with E-state index in [0.717, 1.165) is 21.9 Å². The molecule has 1 nitrogen and oxygen atoms in total. The molecule has 0 saturated carbocycles. The summed E-state index contributed by atoms with van der Waals surface area (Å²) in [6.45, 7) is 4.28. The number of nitrogens with zero attached hydrogens (tertiary/aromatic N) is 1. The summed E-state index contributed by atoms with van der Waals surface area (Å²) < 4.78 is 1.09. The molecule has 4 aromatic carbocycles. The topological polar surface area (TPSA) is 12.9 Å². The van der Waals surface area contributed by atoms with E-state index in [2.05, 4.69) is 115 Å². The Labute approximate surface area is 185 Å². The minimum Gasteiger partial charge on any atom is -0.246 e. The van der Waals surface area contributed by atoms with Crippen LogP contribution in [0.25, 0.3) is 49.8 Å². The summed E-state index contributed by atoms with van der Waals surface area (Å²) in [7, 11) is 0. The van der Waals surface area contributed by atoms with Gasteiger partial charge in [0.15, 0.2) is 0 Å². The normalized spacial score (nSPS) is 11.8. The van der Waals surface area contributed by atoms with Gasteiger partial charge in [-0.05, 0) is 42.0 Å². The zero-order valence-corrected chi connectivity index (χ0v) is 18.7. The molecular weight excluding hydrogens is 430 g/mol. The molecule has 1 heterocycles. The molecule has 0 aliphatic heterocycles. The lowest BCUT2D eigenvalue weighted by molar-refractivity contribution is 1.14. The van der Waals surface area contributed by atoms with Gasteiger partial charge in [-0.2, -0.15) is 0 Å². The van der Waals surface area contributed by atoms with Crippen LogP contribution in [0.3, 0.4) is 0 Å². The number of allylic oxidation sites excluding steroid dienone is 1. The van der Waals surface area contributed by atoms with Crippen molar-refractivity contribution in [3.8, 4) is 11.1 Å². The fourth-order valence-corrected chi connectivity index (χ4v) is 4.66. The van der Waals surface area contributed by atoms with Crippen molar-refractivity contribution in [3.63, 3.8) is 0 Å². The predicted molar refractivity (Wildman–Crippen MR) is 134 cm³/mol. The molecule has 5 rings (SSSR count). The zero-order valence-electron chi connectivity index (χ0n) is 17.1. The highest BCUT2D eigenvalue weighted by atomic mass is 79.9. The number of aromatic nitrogens is 1. The van der Waals surface area contributed by atoms with Gasteiger partial charge in [-0.25, -0.2) is 4.98 Å². The lowest BCUT2D eigenvalue weighted by atomic mass is 9.91. The molecule has 0 aliphatic carbocycles. The minimum absolute atomic E-state index is 0.985. The van der Waals surface area contributed by atoms with Crippen LogP contribution in [-0.2, 0) is 6.42 Å². The molecule has 0 radical (unpaired) electrons. The Hall–Kier alpha value is -2.97. The molecule has 0 unspecified atom stereocenters. The molecule has 0 spiro atoms. The van der Waals surface area contributed by atoms with E-state index in [0.29, 0.717) is 0 Å². The van der Waals surface area contributed by atoms with Gasteiger partial charge in [0.25, 0.3) is 0 Å². The first-order valence-electron chi connectivity index (χ1n) is 10.4. The number of halogens is 1. The van der Waals surface area contributed by atoms with E-state index in [-0.39, 0.29) is 0 Å². The van der Waals surface area contributed by atoms with Gasteiger partial charge in [0.1, 0.15) is 0 Å². The lowest BCUT2D eigenvalue weighted by Gasteiger charge is -2.16. The molecule has 0 amide bonds. The predicted octanol–water partition coefficient (Wildman–Crippen LogP) is 8.57. The summed E-state index contributed by atoms with van der Waals surface area (Å²) in [6, 6.07) is 26.1. The molecule has 0 atom stereocenters. The van der Waals surface area contributed by atoms with Crippen LogP contribution in [0.1, 0.15) is 25.0 Å². The van der Waals surface area contributed by atoms with E-state index in [4.69, 9.17) is 4.98 Å². The second-order valence-corrected chi connectivity index (χ2v) is 8.48. The largest absolute Gasteiger partial charge is 0.246 e. The highest BCUT2D eigenvalue weighted by Gasteiger charge is 2.16. The summed E-state index contributed by atoms with van der Waals surface area (Å²) in [5.41, 5.74) is 7.16. The number of rotatable bonds is 3. The Morgan fingerprint density at radius 3 is 2.30 bits per heavy atom. The third-order valence-electron chi connectivity index (χ3n) is 5.82. The van der Waals surface area contributed by atoms with Crippen molar-refractivity contribution >= 4 is 54.6 Å². The molecule has 0 fully saturated rings. The summed E-state index contributed by atoms with van der Waals surface area (Å²) in [5, 5.41) is 4.81. The molecule has 146 valence electrons. The maximum Gasteiger partial charge on any atom is 0.0794 e. The molecule has 2 heteroatoms. The number of fused-ring (bicyclic) bond motifs is 4. The van der Waals surface area contributed by atoms with Crippen molar-refractivity contribution < 1.29 is 0 Å². The van der Waals surface area contributed by atoms with Crippen LogP contribution >= 0.6 is 15.9 Å². The van der Waals surface area contributed by atoms with Crippen LogP contribution in [0.5, 0.6) is 0 Å². The number of pyridine rings is 1. The first-order valence-corrected chi connectivity index (χ1v) is 11.2. The second-order valence-electron chi connectivity index (χ2n) is 7.56. The van der Waals surface area contributed by atoms with Crippen LogP contribution < -0.4 is 0 Å². The summed E-state index contributed by atoms with van der Waals surface area (Å²) >= 11 is 3.58. The molecule has 0 N–H and O–H groups in total. The maximum absolute atomic E-state index is 5.28. The Kier molecular flexibility index (Phi) is 4.88. The van der Waals surface area contributed by atoms with Gasteiger partial charge in [-0.1, -0.05) is 95.7 Å². The molecule has 30 heavy (non-hydrogen) atoms. The maximum atomic E-state index is 5.28. The summed E-state index contributed by atoms with van der Waals surface area (Å²) in [5.74, 6) is 0. The second kappa shape index (κ2) is 7.70. The third kappa shape index (κ3) is 3.03. The highest BCUT2D eigenvalue weighted by molar-refractivity contribution is 9.10. The van der Waals surface area contributed by atoms with Gasteiger partial charge < -0.3 is 0 Å². The number of aryl methyl sites for hydroxylation is 1. The van der Waals surface area contributed by atoms with E-state index >= 15 is 0 Å². The molecule has 0 aliphatic rings. The monoisotopic (exact) mass is 451 g/mol. The summed E-state index contributed by atoms with van der Waals surface area (Å²) in [4.78, 5) is 5.28. The van der Waals surface area contributed by atoms with Crippen LogP contribution in [0.2, 0.25) is 0 Å². The first kappa shape index (κ1) is 19.0. The molecular formula is C28H22BrN. The Morgan fingerprint density at radius 1 is 0.800 bits per heavy atom. The molecule has 0 bridgehead atoms. The van der Waals surface area contributed by atoms with E-state index in [1.807, 2.05) is 0 Å². The fraction of sp³-hybridized carbons (Fsp3) is 0.107. The van der Waals surface area contributed by atoms with E-state index in [9.17, 15) is 0 Å². The Balaban J connectivity index is 2.04. The van der Waals surface area contributed by atoms with E-state index < -0.39 is 0 Å². The van der Waals surface area contributed by atoms with Crippen molar-refractivity contribution in [2.24, 2.45) is 0 Å². The average Bonchev–Trinajstić information content (AvgIpc) is 2.78. The quantitative estimate of drug-likeness (QED) is 0.197. The van der Waals surface area contributed by atoms with Gasteiger partial charge >= 0.3 is 0 Å². The fourth-order valence-electron chi connectivity index (χ4n) is 4.39. The minimum atomic E-state index is 0.985. The Morgan fingerprint density at radius 2 is 1.53 bits per heavy atom.